The summed E-state index contributed by atoms with van der Waals surface area (Å²) in [5, 5.41) is 7.79. The van der Waals surface area contributed by atoms with Gasteiger partial charge in [-0.2, -0.15) is 5.10 Å². The number of aromatic nitrogens is 2. The van der Waals surface area contributed by atoms with Crippen molar-refractivity contribution in [2.75, 3.05) is 13.4 Å². The van der Waals surface area contributed by atoms with Gasteiger partial charge in [-0.15, -0.1) is 0 Å². The van der Waals surface area contributed by atoms with E-state index in [-0.39, 0.29) is 30.6 Å². The van der Waals surface area contributed by atoms with Crippen LogP contribution < -0.4 is 20.3 Å². The number of carbonyl (C=O) groups excluding carboxylic acids is 2. The highest BCUT2D eigenvalue weighted by Gasteiger charge is 2.21. The van der Waals surface area contributed by atoms with Crippen molar-refractivity contribution in [3.8, 4) is 11.5 Å². The third-order valence-corrected chi connectivity index (χ3v) is 5.84. The average molecular weight is 485 g/mol. The van der Waals surface area contributed by atoms with Crippen LogP contribution in [0.25, 0.3) is 10.8 Å². The molecule has 1 N–H and O–H groups in total. The van der Waals surface area contributed by atoms with E-state index < -0.39 is 18.5 Å². The maximum absolute atomic E-state index is 13.0. The summed E-state index contributed by atoms with van der Waals surface area (Å²) >= 11 is 0. The Labute approximate surface area is 206 Å². The van der Waals surface area contributed by atoms with Crippen LogP contribution in [0.2, 0.25) is 0 Å². The highest BCUT2D eigenvalue weighted by Crippen LogP contribution is 2.34. The fraction of sp³-hybridized carbons (Fsp3) is 0.185. The van der Waals surface area contributed by atoms with Gasteiger partial charge in [-0.3, -0.25) is 9.59 Å². The van der Waals surface area contributed by atoms with E-state index in [0.717, 1.165) is 11.1 Å². The fourth-order valence-corrected chi connectivity index (χ4v) is 4.00. The van der Waals surface area contributed by atoms with E-state index >= 15 is 0 Å². The Morgan fingerprint density at radius 1 is 1.00 bits per heavy atom. The summed E-state index contributed by atoms with van der Waals surface area (Å²) in [6.07, 6.45) is 0. The number of esters is 1. The molecule has 0 aliphatic carbocycles. The molecule has 0 fully saturated rings. The summed E-state index contributed by atoms with van der Waals surface area (Å²) in [4.78, 5) is 38.4. The molecule has 0 saturated carbocycles. The minimum Gasteiger partial charge on any atom is -0.454 e. The number of hydrogen-bond acceptors (Lipinski definition) is 7. The third-order valence-electron chi connectivity index (χ3n) is 5.84. The predicted molar refractivity (Wildman–Crippen MR) is 131 cm³/mol. The van der Waals surface area contributed by atoms with Crippen molar-refractivity contribution in [2.24, 2.45) is 0 Å². The number of ether oxygens (including phenoxy) is 3. The van der Waals surface area contributed by atoms with Gasteiger partial charge < -0.3 is 19.5 Å². The molecule has 0 radical (unpaired) electrons. The molecule has 1 aromatic heterocycles. The lowest BCUT2D eigenvalue weighted by molar-refractivity contribution is -0.124. The SMILES string of the molecule is CC(NC(=O)COC(=O)c1nn(Cc2ccccc2)c(=O)c2ccccc12)c1ccc2c(c1)OCO2. The number of benzene rings is 3. The summed E-state index contributed by atoms with van der Waals surface area (Å²) < 4.78 is 17.2. The van der Waals surface area contributed by atoms with Crippen LogP contribution in [0.5, 0.6) is 11.5 Å². The number of rotatable bonds is 7. The van der Waals surface area contributed by atoms with Crippen molar-refractivity contribution in [3.05, 3.63) is 100.0 Å². The first-order valence-electron chi connectivity index (χ1n) is 11.4. The fourth-order valence-electron chi connectivity index (χ4n) is 4.00. The Hall–Kier alpha value is -4.66. The number of nitrogens with one attached hydrogen (secondary N) is 1. The first-order chi connectivity index (χ1) is 17.5. The summed E-state index contributed by atoms with van der Waals surface area (Å²) in [7, 11) is 0. The first-order valence-corrected chi connectivity index (χ1v) is 11.4. The van der Waals surface area contributed by atoms with Gasteiger partial charge in [-0.25, -0.2) is 9.48 Å². The number of hydrogen-bond donors (Lipinski definition) is 1. The van der Waals surface area contributed by atoms with Crippen molar-refractivity contribution >= 4 is 22.6 Å². The van der Waals surface area contributed by atoms with E-state index in [2.05, 4.69) is 10.4 Å². The largest absolute Gasteiger partial charge is 0.454 e. The van der Waals surface area contributed by atoms with Gasteiger partial charge in [0.1, 0.15) is 0 Å². The predicted octanol–water partition coefficient (Wildman–Crippen LogP) is 3.21. The highest BCUT2D eigenvalue weighted by atomic mass is 16.7. The lowest BCUT2D eigenvalue weighted by Gasteiger charge is -2.15. The average Bonchev–Trinajstić information content (AvgIpc) is 3.37. The molecule has 9 heteroatoms. The number of fused-ring (bicyclic) bond motifs is 2. The Bertz CT molecular complexity index is 1500. The highest BCUT2D eigenvalue weighted by molar-refractivity contribution is 6.02. The van der Waals surface area contributed by atoms with Gasteiger partial charge in [0.25, 0.3) is 11.5 Å². The topological polar surface area (TPSA) is 109 Å². The molecule has 0 bridgehead atoms. The summed E-state index contributed by atoms with van der Waals surface area (Å²) in [6.45, 7) is 1.67. The molecule has 1 amide bonds. The van der Waals surface area contributed by atoms with E-state index in [9.17, 15) is 14.4 Å². The summed E-state index contributed by atoms with van der Waals surface area (Å²) in [6, 6.07) is 21.1. The van der Waals surface area contributed by atoms with Gasteiger partial charge >= 0.3 is 5.97 Å². The van der Waals surface area contributed by atoms with Crippen LogP contribution in [-0.2, 0) is 16.1 Å². The molecular weight excluding hydrogens is 462 g/mol. The van der Waals surface area contributed by atoms with E-state index in [1.54, 1.807) is 36.4 Å². The summed E-state index contributed by atoms with van der Waals surface area (Å²) in [5.41, 5.74) is 1.33. The van der Waals surface area contributed by atoms with Crippen molar-refractivity contribution in [3.63, 3.8) is 0 Å². The second kappa shape index (κ2) is 9.91. The lowest BCUT2D eigenvalue weighted by Crippen LogP contribution is -2.32. The molecule has 1 atom stereocenters. The molecular formula is C27H23N3O6. The van der Waals surface area contributed by atoms with Crippen molar-refractivity contribution in [1.29, 1.82) is 0 Å². The zero-order valence-electron chi connectivity index (χ0n) is 19.5. The molecule has 0 saturated heterocycles. The van der Waals surface area contributed by atoms with Crippen LogP contribution in [0.1, 0.15) is 34.6 Å². The zero-order chi connectivity index (χ0) is 25.1. The van der Waals surface area contributed by atoms with E-state index in [4.69, 9.17) is 14.2 Å². The third kappa shape index (κ3) is 4.76. The minimum absolute atomic E-state index is 0.0299. The summed E-state index contributed by atoms with van der Waals surface area (Å²) in [5.74, 6) is -0.00235. The Balaban J connectivity index is 1.30. The molecule has 5 rings (SSSR count). The molecule has 3 aromatic carbocycles. The van der Waals surface area contributed by atoms with Gasteiger partial charge in [0.15, 0.2) is 23.8 Å². The molecule has 36 heavy (non-hydrogen) atoms. The molecule has 0 spiro atoms. The second-order valence-electron chi connectivity index (χ2n) is 8.32. The maximum atomic E-state index is 13.0. The Morgan fingerprint density at radius 3 is 2.53 bits per heavy atom. The van der Waals surface area contributed by atoms with Crippen molar-refractivity contribution < 1.29 is 23.8 Å². The Morgan fingerprint density at radius 2 is 1.72 bits per heavy atom. The van der Waals surface area contributed by atoms with Crippen LogP contribution in [0.3, 0.4) is 0 Å². The molecule has 9 nitrogen and oxygen atoms in total. The van der Waals surface area contributed by atoms with Crippen molar-refractivity contribution in [2.45, 2.75) is 19.5 Å². The number of nitrogens with zero attached hydrogens (tertiary/aromatic N) is 2. The van der Waals surface area contributed by atoms with Crippen LogP contribution in [0.4, 0.5) is 0 Å². The molecule has 4 aromatic rings. The molecule has 182 valence electrons. The van der Waals surface area contributed by atoms with Crippen LogP contribution in [0.15, 0.2) is 77.6 Å². The van der Waals surface area contributed by atoms with Crippen LogP contribution >= 0.6 is 0 Å². The first kappa shape index (κ1) is 23.1. The van der Waals surface area contributed by atoms with Gasteiger partial charge in [0.2, 0.25) is 6.79 Å². The molecule has 2 heterocycles. The minimum atomic E-state index is -0.793. The van der Waals surface area contributed by atoms with E-state index in [1.165, 1.54) is 4.68 Å². The maximum Gasteiger partial charge on any atom is 0.359 e. The van der Waals surface area contributed by atoms with Gasteiger partial charge in [-0.05, 0) is 36.2 Å². The van der Waals surface area contributed by atoms with Crippen molar-refractivity contribution in [1.82, 2.24) is 15.1 Å². The zero-order valence-corrected chi connectivity index (χ0v) is 19.5. The van der Waals surface area contributed by atoms with E-state index in [0.29, 0.717) is 22.3 Å². The standard InChI is InChI=1S/C27H23N3O6/c1-17(19-11-12-22-23(13-19)36-16-35-22)28-24(31)15-34-27(33)25-20-9-5-6-10-21(20)26(32)30(29-25)14-18-7-3-2-4-8-18/h2-13,17H,14-16H2,1H3,(H,28,31). The number of amides is 1. The normalized spacial score (nSPS) is 12.8. The smallest absolute Gasteiger partial charge is 0.359 e. The second-order valence-corrected chi connectivity index (χ2v) is 8.32. The number of carbonyl (C=O) groups is 2. The molecule has 1 aliphatic rings. The lowest BCUT2D eigenvalue weighted by atomic mass is 10.1. The van der Waals surface area contributed by atoms with E-state index in [1.807, 2.05) is 43.3 Å². The van der Waals surface area contributed by atoms with Crippen LogP contribution in [-0.4, -0.2) is 35.1 Å². The Kier molecular flexibility index (Phi) is 6.36. The molecule has 1 unspecified atom stereocenters. The van der Waals surface area contributed by atoms with Gasteiger partial charge in [0, 0.05) is 5.39 Å². The molecule has 1 aliphatic heterocycles. The van der Waals surface area contributed by atoms with Gasteiger partial charge in [-0.1, -0.05) is 54.6 Å². The van der Waals surface area contributed by atoms with Crippen LogP contribution in [0, 0.1) is 0 Å². The quantitative estimate of drug-likeness (QED) is 0.401. The monoisotopic (exact) mass is 485 g/mol. The van der Waals surface area contributed by atoms with Gasteiger partial charge in [0.05, 0.1) is 18.0 Å².